The fourth-order valence-electron chi connectivity index (χ4n) is 17.4. The van der Waals surface area contributed by atoms with Crippen LogP contribution in [0.15, 0.2) is 199 Å². The quantitative estimate of drug-likeness (QED) is 0.0222. The van der Waals surface area contributed by atoms with E-state index >= 15 is 0 Å². The van der Waals surface area contributed by atoms with Gasteiger partial charge in [0.2, 0.25) is 35.6 Å². The van der Waals surface area contributed by atoms with E-state index in [4.69, 9.17) is 4.74 Å². The van der Waals surface area contributed by atoms with Crippen LogP contribution < -0.4 is 41.5 Å². The molecule has 31 nitrogen and oxygen atoms in total. The lowest BCUT2D eigenvalue weighted by Gasteiger charge is -2.36. The van der Waals surface area contributed by atoms with Crippen LogP contribution in [0.5, 0.6) is 0 Å². The predicted molar refractivity (Wildman–Crippen MR) is 502 cm³/mol. The number of aliphatic hydroxyl groups is 4. The van der Waals surface area contributed by atoms with Crippen molar-refractivity contribution in [3.05, 3.63) is 249 Å². The number of aromatic nitrogens is 9. The van der Waals surface area contributed by atoms with Crippen molar-refractivity contribution in [3.8, 4) is 5.69 Å². The van der Waals surface area contributed by atoms with Crippen molar-refractivity contribution < 1.29 is 107 Å². The highest BCUT2D eigenvalue weighted by Crippen LogP contribution is 2.47. The van der Waals surface area contributed by atoms with Gasteiger partial charge in [0.05, 0.1) is 85.2 Å². The summed E-state index contributed by atoms with van der Waals surface area (Å²) in [6, 6.07) is 45.1. The normalized spacial score (nSPS) is 15.9. The summed E-state index contributed by atoms with van der Waals surface area (Å²) in [5.41, 5.74) is 3.63. The molecule has 3 saturated heterocycles. The van der Waals surface area contributed by atoms with Crippen molar-refractivity contribution in [2.24, 2.45) is 0 Å². The second-order valence-electron chi connectivity index (χ2n) is 34.8. The number of aliphatic hydroxyl groups excluding tert-OH is 4. The minimum atomic E-state index is -4.57. The highest BCUT2D eigenvalue weighted by atomic mass is 19.4. The molecule has 3 aliphatic heterocycles. The van der Waals surface area contributed by atoms with E-state index in [1.165, 1.54) is 72.0 Å². The number of nitrogens with one attached hydrogen (secondary N) is 4. The van der Waals surface area contributed by atoms with Gasteiger partial charge in [0, 0.05) is 161 Å². The van der Waals surface area contributed by atoms with E-state index in [0.717, 1.165) is 106 Å². The second kappa shape index (κ2) is 42.9. The van der Waals surface area contributed by atoms with E-state index in [1.54, 1.807) is 87.7 Å². The van der Waals surface area contributed by atoms with Gasteiger partial charge in [-0.1, -0.05) is 36.4 Å². The Bertz CT molecular complexity index is 6720. The molecule has 5 aromatic heterocycles. The van der Waals surface area contributed by atoms with E-state index < -0.39 is 65.3 Å². The number of rotatable bonds is 27. The maximum absolute atomic E-state index is 13.1. The Kier molecular flexibility index (Phi) is 30.4. The highest BCUT2D eigenvalue weighted by Gasteiger charge is 2.54. The molecule has 13 aromatic rings. The largest absolute Gasteiger partial charge is 0.416 e. The van der Waals surface area contributed by atoms with Gasteiger partial charge in [0.15, 0.2) is 0 Å². The second-order valence-corrected chi connectivity index (χ2v) is 34.8. The molecule has 0 unspecified atom stereocenters. The Morgan fingerprint density at radius 2 is 0.801 bits per heavy atom. The smallest absolute Gasteiger partial charge is 0.396 e. The van der Waals surface area contributed by atoms with Crippen LogP contribution in [0, 0.1) is 0 Å². The molecule has 6 fully saturated rings. The number of ether oxygens (including phenoxy) is 1. The zero-order chi connectivity index (χ0) is 99.8. The lowest BCUT2D eigenvalue weighted by atomic mass is 10.1. The van der Waals surface area contributed by atoms with Crippen LogP contribution >= 0.6 is 0 Å². The summed E-state index contributed by atoms with van der Waals surface area (Å²) in [5.74, 6) is -2.12. The number of aryl methyl sites for hydroxylation is 4. The molecule has 8 N–H and O–H groups in total. The minimum absolute atomic E-state index is 0.0292. The molecule has 0 bridgehead atoms. The average Bonchev–Trinajstić information content (AvgIpc) is 1.58. The van der Waals surface area contributed by atoms with E-state index in [2.05, 4.69) is 51.0 Å². The minimum Gasteiger partial charge on any atom is -0.396 e. The summed E-state index contributed by atoms with van der Waals surface area (Å²) in [6.45, 7) is 5.58. The number of carbonyl (C=O) groups is 7. The third-order valence-electron chi connectivity index (χ3n) is 25.0. The molecule has 1 spiro atoms. The maximum Gasteiger partial charge on any atom is 0.416 e. The number of pyridine rings is 1. The monoisotopic (exact) mass is 1960 g/mol. The molecule has 740 valence electrons. The van der Waals surface area contributed by atoms with Crippen molar-refractivity contribution in [1.29, 1.82) is 0 Å². The third-order valence-corrected chi connectivity index (χ3v) is 25.0. The van der Waals surface area contributed by atoms with E-state index in [-0.39, 0.29) is 113 Å². The van der Waals surface area contributed by atoms with Crippen molar-refractivity contribution >= 4 is 126 Å². The van der Waals surface area contributed by atoms with Crippen LogP contribution in [0.2, 0.25) is 0 Å². The predicted octanol–water partition coefficient (Wildman–Crippen LogP) is 15.1. The Labute approximate surface area is 797 Å². The van der Waals surface area contributed by atoms with Gasteiger partial charge in [-0.3, -0.25) is 74.0 Å². The molecule has 0 atom stereocenters. The number of hydrogen-bond donors (Lipinski definition) is 8. The van der Waals surface area contributed by atoms with Gasteiger partial charge >= 0.3 is 18.5 Å². The summed E-state index contributed by atoms with van der Waals surface area (Å²) in [5, 5.41) is 47.8. The number of morpholine rings is 1. The van der Waals surface area contributed by atoms with Crippen LogP contribution in [-0.4, -0.2) is 211 Å². The maximum atomic E-state index is 13.1. The molecule has 7 amide bonds. The van der Waals surface area contributed by atoms with Gasteiger partial charge in [-0.2, -0.15) is 39.5 Å². The van der Waals surface area contributed by atoms with Gasteiger partial charge in [0.1, 0.15) is 6.61 Å². The fraction of sp³-hybridized carbons (Fsp3) is 0.354. The van der Waals surface area contributed by atoms with Crippen LogP contribution in [0.25, 0.3) is 49.8 Å². The number of nitrogens with zero attached hydrogens (tertiary/aromatic N) is 14. The summed E-state index contributed by atoms with van der Waals surface area (Å²) in [4.78, 5) is 130. The molecular weight excluding hydrogens is 1860 g/mol. The fourth-order valence-corrected chi connectivity index (χ4v) is 17.4. The summed E-state index contributed by atoms with van der Waals surface area (Å²) in [6.07, 6.45) is -5.50. The number of amides is 7. The third kappa shape index (κ3) is 23.5. The van der Waals surface area contributed by atoms with Gasteiger partial charge in [-0.25, -0.2) is 28.7 Å². The van der Waals surface area contributed by atoms with E-state index in [0.29, 0.717) is 158 Å². The molecule has 42 heteroatoms. The molecule has 141 heavy (non-hydrogen) atoms. The topological polar surface area (TPSA) is 367 Å². The molecule has 3 saturated carbocycles. The van der Waals surface area contributed by atoms with Crippen molar-refractivity contribution in [1.82, 2.24) is 52.6 Å². The van der Waals surface area contributed by atoms with Crippen molar-refractivity contribution in [2.45, 2.75) is 146 Å². The number of halogens is 11. The molecule has 8 heterocycles. The van der Waals surface area contributed by atoms with Gasteiger partial charge in [0.25, 0.3) is 41.5 Å². The van der Waals surface area contributed by atoms with Crippen LogP contribution in [0.4, 0.5) is 89.2 Å². The van der Waals surface area contributed by atoms with E-state index in [9.17, 15) is 107 Å². The van der Waals surface area contributed by atoms with Gasteiger partial charge < -0.3 is 58.1 Å². The molecule has 3 aliphatic carbocycles. The Balaban J connectivity index is 0.000000136. The molecule has 6 aliphatic rings. The number of alkyl halides is 11. The number of fused-ring (bicyclic) bond motifs is 4. The first-order chi connectivity index (χ1) is 67.7. The summed E-state index contributed by atoms with van der Waals surface area (Å²) in [7, 11) is 0. The first kappa shape index (κ1) is 99.8. The SMILES string of the molecule is O=C(Nc1nc2cc(-n3ccccc3=O)ccc2n1CCCO)c1cccc(C(F)(F)F)c1.O=C(Nc1nc2cc(N3C(=O)COCC34CC4)ccc2n1CCCO)c1cccc(C(F)F)c1.O=C(Nc1nc2cc(N3CCCN(C4CC4)CC3=O)ccc2n1CCCO)c1cccc(C(F)(F)F)c1.O=C(Nc1nc2cc(N3CCN(C4CC4)CCC3=O)ccc2n1CCCO)c1cccc(C(F)(F)F)c1. The number of carbonyl (C=O) groups excluding carboxylic acids is 7. The molecule has 8 aromatic carbocycles. The first-order valence-electron chi connectivity index (χ1n) is 46.0. The first-order valence-corrected chi connectivity index (χ1v) is 46.0. The lowest BCUT2D eigenvalue weighted by molar-refractivity contribution is -0.138. The summed E-state index contributed by atoms with van der Waals surface area (Å²) < 4.78 is 158. The molecule has 19 rings (SSSR count). The standard InChI is InChI=1S/2C26H28F3N5O3.C24H24F2N4O4.C23H19F3N4O3/c27-26(28,29)18-5-1-4-17(14-18)24(37)31-25-30-21-15-20(8-9-22(21)34(25)12-3-13-35)33-11-2-10-32(16-23(33)36)19-6-7-19;27-26(28,29)18-4-1-3-17(15-18)24(37)31-25-30-21-16-20(7-8-22(21)34(25)10-2-14-35)33-13-12-32(19-5-6-19)11-9-23(33)36;25-21(26)15-3-1-4-16(11-15)22(33)28-23-27-18-12-17(5-6-19(18)29(23)9-2-10-31)30-20(32)13-34-14-24(30)7-8-24;24-23(25,26)16-6-3-5-15(13-16)21(33)28-22-27-18-14-17(29-10-2-1-7-20(29)32)8-9-19(18)30(22)11-4-12-31/h1,4-5,8-9,14-15,19,35H,2-3,6-7,10-13,16H2,(H,30,31,37);1,3-4,7-8,15-16,19,35H,2,5-6,9-14H2,(H,30,31,37);1,3-6,11-12,21,31H,2,7-10,13-14H2,(H,27,28,33);1-3,5-10,13-14,31H,4,11-12H2,(H,27,28,33). The van der Waals surface area contributed by atoms with Gasteiger partial charge in [-0.15, -0.1) is 0 Å². The lowest BCUT2D eigenvalue weighted by Crippen LogP contribution is -2.51. The van der Waals surface area contributed by atoms with Gasteiger partial charge in [-0.05, 0) is 216 Å². The number of anilines is 7. The number of hydrogen-bond acceptors (Lipinski definition) is 19. The highest BCUT2D eigenvalue weighted by molar-refractivity contribution is 6.08. The zero-order valence-corrected chi connectivity index (χ0v) is 75.9. The Morgan fingerprint density at radius 1 is 0.411 bits per heavy atom. The Morgan fingerprint density at radius 3 is 1.21 bits per heavy atom. The van der Waals surface area contributed by atoms with Crippen LogP contribution in [-0.2, 0) is 63.8 Å². The molecular formula is C99H99F11N18O13. The average molecular weight is 1960 g/mol. The Hall–Kier alpha value is -14.2. The number of benzene rings is 8. The number of imidazole rings is 4. The zero-order valence-electron chi connectivity index (χ0n) is 75.9. The van der Waals surface area contributed by atoms with Crippen molar-refractivity contribution in [2.75, 3.05) is 115 Å². The van der Waals surface area contributed by atoms with Crippen molar-refractivity contribution in [3.63, 3.8) is 0 Å². The van der Waals surface area contributed by atoms with Crippen LogP contribution in [0.3, 0.4) is 0 Å². The summed E-state index contributed by atoms with van der Waals surface area (Å²) >= 11 is 0. The van der Waals surface area contributed by atoms with E-state index in [1.807, 2.05) is 36.4 Å². The van der Waals surface area contributed by atoms with Crippen LogP contribution in [0.1, 0.15) is 147 Å². The molecule has 0 radical (unpaired) electrons.